The fourth-order valence-corrected chi connectivity index (χ4v) is 3.71. The molecule has 1 unspecified atom stereocenters. The minimum absolute atomic E-state index is 0.00732. The van der Waals surface area contributed by atoms with Crippen molar-refractivity contribution in [2.24, 2.45) is 0 Å². The summed E-state index contributed by atoms with van der Waals surface area (Å²) >= 11 is 6.11. The third kappa shape index (κ3) is 6.42. The number of amides is 1. The number of halogens is 1. The van der Waals surface area contributed by atoms with Crippen molar-refractivity contribution >= 4 is 34.4 Å². The normalized spacial score (nSPS) is 12.9. The molecule has 1 atom stereocenters. The summed E-state index contributed by atoms with van der Waals surface area (Å²) in [7, 11) is 2.01. The topological polar surface area (TPSA) is 75.9 Å². The van der Waals surface area contributed by atoms with Gasteiger partial charge in [0, 0.05) is 56.1 Å². The van der Waals surface area contributed by atoms with Crippen molar-refractivity contribution < 1.29 is 4.79 Å². The number of hydrogen-bond donors (Lipinski definition) is 1. The van der Waals surface area contributed by atoms with Crippen LogP contribution in [0.15, 0.2) is 60.0 Å². The highest BCUT2D eigenvalue weighted by Gasteiger charge is 2.14. The van der Waals surface area contributed by atoms with E-state index < -0.39 is 0 Å². The minimum Gasteiger partial charge on any atom is -0.360 e. The SMILES string of the molecule is C/C=C(Cl)\C=C/Cn1c(-c2ccc(N(C)CCC(CC)NC(C)=O)nc2)nc2ccncc21. The number of aromatic nitrogens is 4. The average Bonchev–Trinajstić information content (AvgIpc) is 3.19. The Morgan fingerprint density at radius 1 is 1.30 bits per heavy atom. The number of carbonyl (C=O) groups excluding carboxylic acids is 1. The number of rotatable bonds is 10. The van der Waals surface area contributed by atoms with E-state index in [1.807, 2.05) is 62.8 Å². The third-order valence-electron chi connectivity index (χ3n) is 5.50. The van der Waals surface area contributed by atoms with Gasteiger partial charge in [0.15, 0.2) is 0 Å². The summed E-state index contributed by atoms with van der Waals surface area (Å²) < 4.78 is 2.11. The first-order valence-electron chi connectivity index (χ1n) is 11.2. The maximum Gasteiger partial charge on any atom is 0.217 e. The summed E-state index contributed by atoms with van der Waals surface area (Å²) in [4.78, 5) is 27.2. The molecule has 3 heterocycles. The molecule has 3 aromatic heterocycles. The lowest BCUT2D eigenvalue weighted by Gasteiger charge is -2.22. The highest BCUT2D eigenvalue weighted by molar-refractivity contribution is 6.31. The zero-order valence-corrected chi connectivity index (χ0v) is 20.4. The summed E-state index contributed by atoms with van der Waals surface area (Å²) in [6.45, 7) is 6.95. The Hall–Kier alpha value is -3.19. The van der Waals surface area contributed by atoms with Crippen molar-refractivity contribution in [3.63, 3.8) is 0 Å². The van der Waals surface area contributed by atoms with Gasteiger partial charge in [-0.3, -0.25) is 9.78 Å². The first-order valence-corrected chi connectivity index (χ1v) is 11.5. The standard InChI is InChI=1S/C25H31ClN6O/c1-5-20(26)8-7-14-32-23-17-27-13-11-22(23)30-25(32)19-9-10-24(28-16-19)31(4)15-12-21(6-2)29-18(3)33/h5,7-11,13,16-17,21H,6,12,14-15H2,1-4H3,(H,29,33)/b8-7-,20-5+. The van der Waals surface area contributed by atoms with Gasteiger partial charge in [0.05, 0.1) is 17.2 Å². The van der Waals surface area contributed by atoms with Crippen LogP contribution in [0.1, 0.15) is 33.6 Å². The largest absolute Gasteiger partial charge is 0.360 e. The van der Waals surface area contributed by atoms with Gasteiger partial charge >= 0.3 is 0 Å². The minimum atomic E-state index is 0.00732. The molecule has 8 heteroatoms. The maximum atomic E-state index is 11.3. The van der Waals surface area contributed by atoms with Crippen molar-refractivity contribution in [3.05, 3.63) is 60.0 Å². The number of anilines is 1. The third-order valence-corrected chi connectivity index (χ3v) is 5.85. The Morgan fingerprint density at radius 3 is 2.79 bits per heavy atom. The van der Waals surface area contributed by atoms with E-state index in [-0.39, 0.29) is 11.9 Å². The van der Waals surface area contributed by atoms with Gasteiger partial charge in [0.2, 0.25) is 5.91 Å². The number of nitrogens with one attached hydrogen (secondary N) is 1. The molecule has 0 bridgehead atoms. The van der Waals surface area contributed by atoms with Gasteiger partial charge in [0.1, 0.15) is 11.6 Å². The van der Waals surface area contributed by atoms with Crippen molar-refractivity contribution in [2.75, 3.05) is 18.5 Å². The van der Waals surface area contributed by atoms with Gasteiger partial charge < -0.3 is 14.8 Å². The van der Waals surface area contributed by atoms with Crippen LogP contribution in [0.5, 0.6) is 0 Å². The second-order valence-electron chi connectivity index (χ2n) is 7.91. The molecule has 1 N–H and O–H groups in total. The Balaban J connectivity index is 1.80. The van der Waals surface area contributed by atoms with Gasteiger partial charge in [-0.2, -0.15) is 0 Å². The second kappa shape index (κ2) is 11.6. The number of carbonyl (C=O) groups is 1. The van der Waals surface area contributed by atoms with Crippen LogP contribution in [0.2, 0.25) is 0 Å². The fourth-order valence-electron chi connectivity index (χ4n) is 3.62. The molecular weight excluding hydrogens is 436 g/mol. The van der Waals surface area contributed by atoms with Crippen LogP contribution in [0.25, 0.3) is 22.4 Å². The number of allylic oxidation sites excluding steroid dienone is 4. The van der Waals surface area contributed by atoms with Gasteiger partial charge in [-0.15, -0.1) is 0 Å². The van der Waals surface area contributed by atoms with Gasteiger partial charge in [-0.25, -0.2) is 9.97 Å². The number of fused-ring (bicyclic) bond motifs is 1. The molecule has 0 aliphatic heterocycles. The lowest BCUT2D eigenvalue weighted by Crippen LogP contribution is -2.35. The van der Waals surface area contributed by atoms with Gasteiger partial charge in [-0.1, -0.05) is 30.7 Å². The van der Waals surface area contributed by atoms with E-state index in [1.54, 1.807) is 13.1 Å². The van der Waals surface area contributed by atoms with E-state index in [4.69, 9.17) is 16.6 Å². The molecule has 174 valence electrons. The van der Waals surface area contributed by atoms with E-state index in [9.17, 15) is 4.79 Å². The van der Waals surface area contributed by atoms with Gasteiger partial charge in [0.25, 0.3) is 0 Å². The van der Waals surface area contributed by atoms with Crippen LogP contribution in [0.3, 0.4) is 0 Å². The molecule has 0 fully saturated rings. The molecule has 0 spiro atoms. The molecule has 0 aliphatic rings. The van der Waals surface area contributed by atoms with Crippen molar-refractivity contribution in [1.29, 1.82) is 0 Å². The van der Waals surface area contributed by atoms with Crippen LogP contribution in [-0.2, 0) is 11.3 Å². The van der Waals surface area contributed by atoms with E-state index in [0.29, 0.717) is 11.6 Å². The summed E-state index contributed by atoms with van der Waals surface area (Å²) in [6.07, 6.45) is 12.9. The van der Waals surface area contributed by atoms with Crippen molar-refractivity contribution in [2.45, 2.75) is 46.2 Å². The molecule has 1 amide bonds. The number of imidazole rings is 1. The van der Waals surface area contributed by atoms with Crippen molar-refractivity contribution in [3.8, 4) is 11.4 Å². The predicted molar refractivity (Wildman–Crippen MR) is 135 cm³/mol. The zero-order valence-electron chi connectivity index (χ0n) is 19.6. The molecule has 3 aromatic rings. The molecule has 33 heavy (non-hydrogen) atoms. The highest BCUT2D eigenvalue weighted by Crippen LogP contribution is 2.25. The Labute approximate surface area is 200 Å². The first-order chi connectivity index (χ1) is 15.9. The number of hydrogen-bond acceptors (Lipinski definition) is 5. The van der Waals surface area contributed by atoms with Crippen LogP contribution in [0, 0.1) is 0 Å². The fraction of sp³-hybridized carbons (Fsp3) is 0.360. The molecular formula is C25H31ClN6O. The smallest absolute Gasteiger partial charge is 0.217 e. The van der Waals surface area contributed by atoms with Crippen LogP contribution >= 0.6 is 11.6 Å². The number of nitrogens with zero attached hydrogens (tertiary/aromatic N) is 5. The van der Waals surface area contributed by atoms with Crippen molar-refractivity contribution in [1.82, 2.24) is 24.8 Å². The first kappa shape index (κ1) is 24.5. The van der Waals surface area contributed by atoms with E-state index >= 15 is 0 Å². The summed E-state index contributed by atoms with van der Waals surface area (Å²) in [5, 5.41) is 3.69. The lowest BCUT2D eigenvalue weighted by atomic mass is 10.1. The Bertz CT molecular complexity index is 1140. The molecule has 0 saturated heterocycles. The van der Waals surface area contributed by atoms with Crippen LogP contribution < -0.4 is 10.2 Å². The molecule has 0 aromatic carbocycles. The highest BCUT2D eigenvalue weighted by atomic mass is 35.5. The molecule has 0 aliphatic carbocycles. The Morgan fingerprint density at radius 2 is 2.12 bits per heavy atom. The summed E-state index contributed by atoms with van der Waals surface area (Å²) in [5.41, 5.74) is 2.77. The van der Waals surface area contributed by atoms with E-state index in [2.05, 4.69) is 31.7 Å². The van der Waals surface area contributed by atoms with E-state index in [1.165, 1.54) is 0 Å². The van der Waals surface area contributed by atoms with Gasteiger partial charge in [-0.05, 0) is 44.0 Å². The zero-order chi connectivity index (χ0) is 23.8. The predicted octanol–water partition coefficient (Wildman–Crippen LogP) is 4.93. The average molecular weight is 467 g/mol. The lowest BCUT2D eigenvalue weighted by molar-refractivity contribution is -0.119. The molecule has 0 radical (unpaired) electrons. The summed E-state index contributed by atoms with van der Waals surface area (Å²) in [5.74, 6) is 1.71. The molecule has 3 rings (SSSR count). The quantitative estimate of drug-likeness (QED) is 0.428. The van der Waals surface area contributed by atoms with E-state index in [0.717, 1.165) is 47.6 Å². The maximum absolute atomic E-state index is 11.3. The summed E-state index contributed by atoms with van der Waals surface area (Å²) in [6, 6.07) is 6.12. The van der Waals surface area contributed by atoms with Crippen LogP contribution in [-0.4, -0.2) is 45.1 Å². The molecule has 0 saturated carbocycles. The van der Waals surface area contributed by atoms with Crippen LogP contribution in [0.4, 0.5) is 5.82 Å². The monoisotopic (exact) mass is 466 g/mol. The molecule has 7 nitrogen and oxygen atoms in total. The second-order valence-corrected chi connectivity index (χ2v) is 8.34. The number of pyridine rings is 2. The Kier molecular flexibility index (Phi) is 8.60.